The van der Waals surface area contributed by atoms with E-state index in [4.69, 9.17) is 4.42 Å². The lowest BCUT2D eigenvalue weighted by molar-refractivity contribution is -0.143. The van der Waals surface area contributed by atoms with Gasteiger partial charge < -0.3 is 9.52 Å². The fourth-order valence-corrected chi connectivity index (χ4v) is 2.78. The standard InChI is InChI=1S/C13H18O3/c1-2-9-3-4-11(13(14)15)12(7-9)10-5-6-16-8-10/h5-6,8-9,11-12H,2-4,7H2,1H3,(H,14,15). The van der Waals surface area contributed by atoms with Crippen LogP contribution in [-0.2, 0) is 4.79 Å². The second-order valence-corrected chi connectivity index (χ2v) is 4.70. The third kappa shape index (κ3) is 2.13. The minimum absolute atomic E-state index is 0.134. The van der Waals surface area contributed by atoms with Gasteiger partial charge in [-0.25, -0.2) is 0 Å². The van der Waals surface area contributed by atoms with Gasteiger partial charge in [-0.2, -0.15) is 0 Å². The van der Waals surface area contributed by atoms with Crippen LogP contribution < -0.4 is 0 Å². The van der Waals surface area contributed by atoms with Crippen molar-refractivity contribution in [2.75, 3.05) is 0 Å². The first-order chi connectivity index (χ1) is 7.72. The number of hydrogen-bond donors (Lipinski definition) is 1. The van der Waals surface area contributed by atoms with E-state index in [1.165, 1.54) is 0 Å². The Bertz CT molecular complexity index is 342. The molecule has 3 heteroatoms. The number of carboxylic acids is 1. The Hall–Kier alpha value is -1.25. The highest BCUT2D eigenvalue weighted by molar-refractivity contribution is 5.71. The molecule has 0 spiro atoms. The van der Waals surface area contributed by atoms with Gasteiger partial charge in [0, 0.05) is 5.92 Å². The second kappa shape index (κ2) is 4.73. The lowest BCUT2D eigenvalue weighted by Crippen LogP contribution is -2.28. The Kier molecular flexibility index (Phi) is 3.32. The van der Waals surface area contributed by atoms with Gasteiger partial charge in [0.1, 0.15) is 0 Å². The van der Waals surface area contributed by atoms with E-state index in [1.54, 1.807) is 12.5 Å². The van der Waals surface area contributed by atoms with Crippen molar-refractivity contribution < 1.29 is 14.3 Å². The van der Waals surface area contributed by atoms with Crippen LogP contribution in [0.15, 0.2) is 23.0 Å². The van der Waals surface area contributed by atoms with Crippen LogP contribution in [-0.4, -0.2) is 11.1 Å². The van der Waals surface area contributed by atoms with E-state index in [2.05, 4.69) is 6.92 Å². The maximum absolute atomic E-state index is 11.2. The van der Waals surface area contributed by atoms with Gasteiger partial charge in [0.15, 0.2) is 0 Å². The summed E-state index contributed by atoms with van der Waals surface area (Å²) in [6.07, 6.45) is 7.28. The largest absolute Gasteiger partial charge is 0.481 e. The Morgan fingerprint density at radius 2 is 2.38 bits per heavy atom. The minimum Gasteiger partial charge on any atom is -0.481 e. The molecule has 1 aliphatic carbocycles. The van der Waals surface area contributed by atoms with Crippen molar-refractivity contribution in [1.82, 2.24) is 0 Å². The molecule has 1 aliphatic rings. The number of carbonyl (C=O) groups is 1. The zero-order valence-electron chi connectivity index (χ0n) is 9.56. The summed E-state index contributed by atoms with van der Waals surface area (Å²) in [5, 5.41) is 9.24. The quantitative estimate of drug-likeness (QED) is 0.853. The number of aliphatic carboxylic acids is 1. The molecule has 1 aromatic heterocycles. The van der Waals surface area contributed by atoms with Crippen LogP contribution in [0, 0.1) is 11.8 Å². The predicted octanol–water partition coefficient (Wildman–Crippen LogP) is 3.27. The van der Waals surface area contributed by atoms with Gasteiger partial charge in [-0.3, -0.25) is 4.79 Å². The molecule has 1 aromatic rings. The van der Waals surface area contributed by atoms with Crippen molar-refractivity contribution in [3.05, 3.63) is 24.2 Å². The first-order valence-corrected chi connectivity index (χ1v) is 5.97. The molecule has 1 heterocycles. The molecule has 3 atom stereocenters. The van der Waals surface area contributed by atoms with Gasteiger partial charge in [-0.05, 0) is 36.8 Å². The fourth-order valence-electron chi connectivity index (χ4n) is 2.78. The average Bonchev–Trinajstić information content (AvgIpc) is 2.81. The second-order valence-electron chi connectivity index (χ2n) is 4.70. The van der Waals surface area contributed by atoms with Crippen LogP contribution in [0.25, 0.3) is 0 Å². The Labute approximate surface area is 95.5 Å². The zero-order chi connectivity index (χ0) is 11.5. The van der Waals surface area contributed by atoms with Gasteiger partial charge in [-0.15, -0.1) is 0 Å². The fraction of sp³-hybridized carbons (Fsp3) is 0.615. The molecule has 0 radical (unpaired) electrons. The Morgan fingerprint density at radius 1 is 1.56 bits per heavy atom. The monoisotopic (exact) mass is 222 g/mol. The molecule has 16 heavy (non-hydrogen) atoms. The minimum atomic E-state index is -0.666. The number of furan rings is 1. The Morgan fingerprint density at radius 3 is 2.94 bits per heavy atom. The van der Waals surface area contributed by atoms with Crippen LogP contribution in [0.2, 0.25) is 0 Å². The van der Waals surface area contributed by atoms with Gasteiger partial charge in [0.05, 0.1) is 18.4 Å². The van der Waals surface area contributed by atoms with Gasteiger partial charge in [0.2, 0.25) is 0 Å². The summed E-state index contributed by atoms with van der Waals surface area (Å²) < 4.78 is 5.07. The maximum Gasteiger partial charge on any atom is 0.307 e. The smallest absolute Gasteiger partial charge is 0.307 e. The molecule has 88 valence electrons. The molecular weight excluding hydrogens is 204 g/mol. The third-order valence-electron chi connectivity index (χ3n) is 3.82. The molecule has 0 amide bonds. The van der Waals surface area contributed by atoms with E-state index >= 15 is 0 Å². The van der Waals surface area contributed by atoms with E-state index in [0.29, 0.717) is 5.92 Å². The number of rotatable bonds is 3. The third-order valence-corrected chi connectivity index (χ3v) is 3.82. The van der Waals surface area contributed by atoms with Crippen molar-refractivity contribution in [3.63, 3.8) is 0 Å². The first kappa shape index (κ1) is 11.2. The van der Waals surface area contributed by atoms with Crippen molar-refractivity contribution >= 4 is 5.97 Å². The lowest BCUT2D eigenvalue weighted by Gasteiger charge is -2.33. The summed E-state index contributed by atoms with van der Waals surface area (Å²) in [7, 11) is 0. The van der Waals surface area contributed by atoms with Crippen LogP contribution in [0.3, 0.4) is 0 Å². The number of carboxylic acid groups (broad SMARTS) is 1. The maximum atomic E-state index is 11.2. The average molecular weight is 222 g/mol. The van der Waals surface area contributed by atoms with E-state index in [0.717, 1.165) is 31.2 Å². The normalized spacial score (nSPS) is 30.2. The highest BCUT2D eigenvalue weighted by Gasteiger charge is 2.35. The van der Waals surface area contributed by atoms with Crippen molar-refractivity contribution in [3.8, 4) is 0 Å². The summed E-state index contributed by atoms with van der Waals surface area (Å²) >= 11 is 0. The molecule has 1 saturated carbocycles. The molecule has 0 bridgehead atoms. The van der Waals surface area contributed by atoms with Crippen LogP contribution in [0.4, 0.5) is 0 Å². The lowest BCUT2D eigenvalue weighted by atomic mass is 9.71. The van der Waals surface area contributed by atoms with E-state index in [-0.39, 0.29) is 11.8 Å². The topological polar surface area (TPSA) is 50.4 Å². The molecule has 3 unspecified atom stereocenters. The molecule has 2 rings (SSSR count). The predicted molar refractivity (Wildman–Crippen MR) is 60.2 cm³/mol. The summed E-state index contributed by atoms with van der Waals surface area (Å²) in [6.45, 7) is 2.18. The van der Waals surface area contributed by atoms with E-state index in [9.17, 15) is 9.90 Å². The van der Waals surface area contributed by atoms with Gasteiger partial charge in [0.25, 0.3) is 0 Å². The molecule has 3 nitrogen and oxygen atoms in total. The molecule has 1 fully saturated rings. The van der Waals surface area contributed by atoms with Crippen LogP contribution in [0.5, 0.6) is 0 Å². The Balaban J connectivity index is 2.18. The van der Waals surface area contributed by atoms with Gasteiger partial charge >= 0.3 is 5.97 Å². The highest BCUT2D eigenvalue weighted by Crippen LogP contribution is 2.41. The van der Waals surface area contributed by atoms with Gasteiger partial charge in [-0.1, -0.05) is 13.3 Å². The summed E-state index contributed by atoms with van der Waals surface area (Å²) in [6, 6.07) is 1.90. The summed E-state index contributed by atoms with van der Waals surface area (Å²) in [5.41, 5.74) is 1.05. The zero-order valence-corrected chi connectivity index (χ0v) is 9.56. The molecule has 0 aromatic carbocycles. The molecule has 0 aliphatic heterocycles. The summed E-state index contributed by atoms with van der Waals surface area (Å²) in [4.78, 5) is 11.2. The molecule has 1 N–H and O–H groups in total. The number of hydrogen-bond acceptors (Lipinski definition) is 2. The van der Waals surface area contributed by atoms with Crippen molar-refractivity contribution in [2.45, 2.75) is 38.5 Å². The van der Waals surface area contributed by atoms with E-state index < -0.39 is 5.97 Å². The molecular formula is C13H18O3. The van der Waals surface area contributed by atoms with E-state index in [1.807, 2.05) is 6.07 Å². The highest BCUT2D eigenvalue weighted by atomic mass is 16.4. The first-order valence-electron chi connectivity index (χ1n) is 5.97. The SMILES string of the molecule is CCC1CCC(C(=O)O)C(c2ccoc2)C1. The summed E-state index contributed by atoms with van der Waals surface area (Å²) in [5.74, 6) is -0.105. The van der Waals surface area contributed by atoms with Crippen LogP contribution >= 0.6 is 0 Å². The van der Waals surface area contributed by atoms with Crippen molar-refractivity contribution in [1.29, 1.82) is 0 Å². The molecule has 0 saturated heterocycles. The van der Waals surface area contributed by atoms with Crippen LogP contribution in [0.1, 0.15) is 44.1 Å². The van der Waals surface area contributed by atoms with Crippen molar-refractivity contribution in [2.24, 2.45) is 11.8 Å².